The standard InChI is InChI=1S/C15H13NO2/c16-9-5-6-12-10-3-1-2-4-11(10)14(8-15(17)18)13(12)7-9/h1-7,14H,8,16H2,(H,17,18). The van der Waals surface area contributed by atoms with Crippen LogP contribution in [-0.4, -0.2) is 11.1 Å². The lowest BCUT2D eigenvalue weighted by Crippen LogP contribution is -2.05. The van der Waals surface area contributed by atoms with Crippen molar-refractivity contribution in [2.24, 2.45) is 0 Å². The first-order valence-corrected chi connectivity index (χ1v) is 5.87. The molecule has 90 valence electrons. The van der Waals surface area contributed by atoms with Gasteiger partial charge in [0.1, 0.15) is 0 Å². The van der Waals surface area contributed by atoms with Crippen molar-refractivity contribution >= 4 is 11.7 Å². The van der Waals surface area contributed by atoms with Gasteiger partial charge in [0.15, 0.2) is 0 Å². The van der Waals surface area contributed by atoms with Gasteiger partial charge in [-0.2, -0.15) is 0 Å². The van der Waals surface area contributed by atoms with Gasteiger partial charge in [-0.15, -0.1) is 0 Å². The summed E-state index contributed by atoms with van der Waals surface area (Å²) in [6, 6.07) is 13.7. The van der Waals surface area contributed by atoms with Gasteiger partial charge in [-0.25, -0.2) is 0 Å². The maximum absolute atomic E-state index is 11.0. The van der Waals surface area contributed by atoms with E-state index in [1.807, 2.05) is 42.5 Å². The van der Waals surface area contributed by atoms with E-state index >= 15 is 0 Å². The molecule has 0 radical (unpaired) electrons. The molecule has 0 bridgehead atoms. The maximum Gasteiger partial charge on any atom is 0.304 e. The van der Waals surface area contributed by atoms with E-state index in [9.17, 15) is 4.79 Å². The van der Waals surface area contributed by atoms with Gasteiger partial charge in [-0.05, 0) is 34.4 Å². The highest BCUT2D eigenvalue weighted by Crippen LogP contribution is 2.46. The Labute approximate surface area is 105 Å². The summed E-state index contributed by atoms with van der Waals surface area (Å²) < 4.78 is 0. The quantitative estimate of drug-likeness (QED) is 0.792. The predicted octanol–water partition coefficient (Wildman–Crippen LogP) is 2.86. The molecule has 18 heavy (non-hydrogen) atoms. The molecule has 1 atom stereocenters. The SMILES string of the molecule is Nc1ccc2c(c1)C(CC(=O)O)c1ccccc1-2. The van der Waals surface area contributed by atoms with Crippen molar-refractivity contribution < 1.29 is 9.90 Å². The number of rotatable bonds is 2. The zero-order valence-corrected chi connectivity index (χ0v) is 9.76. The zero-order chi connectivity index (χ0) is 12.7. The molecule has 0 aromatic heterocycles. The topological polar surface area (TPSA) is 63.3 Å². The molecule has 0 spiro atoms. The minimum absolute atomic E-state index is 0.0859. The van der Waals surface area contributed by atoms with E-state index < -0.39 is 5.97 Å². The first kappa shape index (κ1) is 10.8. The number of carboxylic acid groups (broad SMARTS) is 1. The number of hydrogen-bond donors (Lipinski definition) is 2. The molecule has 3 rings (SSSR count). The second-order valence-electron chi connectivity index (χ2n) is 4.58. The molecule has 0 saturated carbocycles. The normalized spacial score (nSPS) is 16.1. The average Bonchev–Trinajstić information content (AvgIpc) is 2.63. The smallest absolute Gasteiger partial charge is 0.304 e. The third-order valence-corrected chi connectivity index (χ3v) is 3.46. The Morgan fingerprint density at radius 3 is 2.61 bits per heavy atom. The number of nitrogen functional groups attached to an aromatic ring is 1. The van der Waals surface area contributed by atoms with Crippen LogP contribution < -0.4 is 5.73 Å². The van der Waals surface area contributed by atoms with E-state index in [4.69, 9.17) is 10.8 Å². The molecule has 1 aliphatic rings. The van der Waals surface area contributed by atoms with Gasteiger partial charge >= 0.3 is 5.97 Å². The first-order chi connectivity index (χ1) is 8.66. The summed E-state index contributed by atoms with van der Waals surface area (Å²) in [5.41, 5.74) is 10.8. The van der Waals surface area contributed by atoms with Crippen LogP contribution in [-0.2, 0) is 4.79 Å². The zero-order valence-electron chi connectivity index (χ0n) is 9.76. The number of anilines is 1. The van der Waals surface area contributed by atoms with Crippen LogP contribution in [0.2, 0.25) is 0 Å². The Bertz CT molecular complexity index is 634. The van der Waals surface area contributed by atoms with Crippen LogP contribution in [0.25, 0.3) is 11.1 Å². The lowest BCUT2D eigenvalue weighted by atomic mass is 9.93. The van der Waals surface area contributed by atoms with Crippen LogP contribution >= 0.6 is 0 Å². The molecule has 2 aromatic rings. The molecule has 3 heteroatoms. The molecule has 2 aromatic carbocycles. The van der Waals surface area contributed by atoms with Crippen molar-refractivity contribution in [2.45, 2.75) is 12.3 Å². The number of hydrogen-bond acceptors (Lipinski definition) is 2. The molecule has 0 saturated heterocycles. The van der Waals surface area contributed by atoms with E-state index in [2.05, 4.69) is 0 Å². The van der Waals surface area contributed by atoms with Crippen LogP contribution in [0.4, 0.5) is 5.69 Å². The number of aliphatic carboxylic acids is 1. The Morgan fingerprint density at radius 1 is 1.11 bits per heavy atom. The molecule has 3 nitrogen and oxygen atoms in total. The van der Waals surface area contributed by atoms with E-state index in [1.165, 1.54) is 0 Å². The summed E-state index contributed by atoms with van der Waals surface area (Å²) in [6.45, 7) is 0. The molecular weight excluding hydrogens is 226 g/mol. The number of carboxylic acids is 1. The lowest BCUT2D eigenvalue weighted by Gasteiger charge is -2.10. The van der Waals surface area contributed by atoms with E-state index in [-0.39, 0.29) is 12.3 Å². The van der Waals surface area contributed by atoms with Crippen molar-refractivity contribution in [3.8, 4) is 11.1 Å². The molecule has 0 aliphatic heterocycles. The highest BCUT2D eigenvalue weighted by molar-refractivity contribution is 5.82. The third-order valence-electron chi connectivity index (χ3n) is 3.46. The lowest BCUT2D eigenvalue weighted by molar-refractivity contribution is -0.137. The third kappa shape index (κ3) is 1.56. The van der Waals surface area contributed by atoms with E-state index in [0.29, 0.717) is 5.69 Å². The van der Waals surface area contributed by atoms with Gasteiger partial charge in [0, 0.05) is 11.6 Å². The molecule has 0 amide bonds. The fourth-order valence-corrected chi connectivity index (χ4v) is 2.72. The van der Waals surface area contributed by atoms with Crippen LogP contribution in [0.5, 0.6) is 0 Å². The highest BCUT2D eigenvalue weighted by atomic mass is 16.4. The summed E-state index contributed by atoms with van der Waals surface area (Å²) >= 11 is 0. The van der Waals surface area contributed by atoms with Crippen molar-refractivity contribution in [1.82, 2.24) is 0 Å². The Kier molecular flexibility index (Phi) is 2.33. The fourth-order valence-electron chi connectivity index (χ4n) is 2.72. The minimum atomic E-state index is -0.787. The Hall–Kier alpha value is -2.29. The second-order valence-corrected chi connectivity index (χ2v) is 4.58. The Balaban J connectivity index is 2.21. The average molecular weight is 239 g/mol. The summed E-state index contributed by atoms with van der Waals surface area (Å²) in [7, 11) is 0. The Morgan fingerprint density at radius 2 is 1.83 bits per heavy atom. The summed E-state index contributed by atoms with van der Waals surface area (Å²) in [6.07, 6.45) is 0.105. The molecule has 1 aliphatic carbocycles. The van der Waals surface area contributed by atoms with Crippen molar-refractivity contribution in [2.75, 3.05) is 5.73 Å². The molecule has 0 fully saturated rings. The molecule has 1 unspecified atom stereocenters. The molecular formula is C15H13NO2. The number of benzene rings is 2. The van der Waals surface area contributed by atoms with Crippen LogP contribution in [0.15, 0.2) is 42.5 Å². The predicted molar refractivity (Wildman–Crippen MR) is 70.4 cm³/mol. The van der Waals surface area contributed by atoms with Crippen molar-refractivity contribution in [3.05, 3.63) is 53.6 Å². The molecule has 3 N–H and O–H groups in total. The number of nitrogens with two attached hydrogens (primary N) is 1. The van der Waals surface area contributed by atoms with Crippen molar-refractivity contribution in [3.63, 3.8) is 0 Å². The van der Waals surface area contributed by atoms with Gasteiger partial charge in [-0.1, -0.05) is 30.3 Å². The van der Waals surface area contributed by atoms with E-state index in [0.717, 1.165) is 22.3 Å². The van der Waals surface area contributed by atoms with E-state index in [1.54, 1.807) is 0 Å². The fraction of sp³-hybridized carbons (Fsp3) is 0.133. The number of fused-ring (bicyclic) bond motifs is 3. The second kappa shape index (κ2) is 3.88. The largest absolute Gasteiger partial charge is 0.481 e. The van der Waals surface area contributed by atoms with Gasteiger partial charge in [0.25, 0.3) is 0 Å². The van der Waals surface area contributed by atoms with Gasteiger partial charge in [0.2, 0.25) is 0 Å². The maximum atomic E-state index is 11.0. The minimum Gasteiger partial charge on any atom is -0.481 e. The summed E-state index contributed by atoms with van der Waals surface area (Å²) in [4.78, 5) is 11.0. The van der Waals surface area contributed by atoms with Crippen LogP contribution in [0.1, 0.15) is 23.5 Å². The van der Waals surface area contributed by atoms with Crippen LogP contribution in [0.3, 0.4) is 0 Å². The summed E-state index contributed by atoms with van der Waals surface area (Å²) in [5.74, 6) is -0.873. The number of carbonyl (C=O) groups is 1. The van der Waals surface area contributed by atoms with Gasteiger partial charge < -0.3 is 10.8 Å². The molecule has 0 heterocycles. The van der Waals surface area contributed by atoms with Crippen molar-refractivity contribution in [1.29, 1.82) is 0 Å². The highest BCUT2D eigenvalue weighted by Gasteiger charge is 2.29. The monoisotopic (exact) mass is 239 g/mol. The van der Waals surface area contributed by atoms with Gasteiger partial charge in [-0.3, -0.25) is 4.79 Å². The first-order valence-electron chi connectivity index (χ1n) is 5.87. The van der Waals surface area contributed by atoms with Crippen LogP contribution in [0, 0.1) is 0 Å². The van der Waals surface area contributed by atoms with Gasteiger partial charge in [0.05, 0.1) is 6.42 Å². The summed E-state index contributed by atoms with van der Waals surface area (Å²) in [5, 5.41) is 9.06.